The van der Waals surface area contributed by atoms with Gasteiger partial charge in [-0.3, -0.25) is 0 Å². The minimum absolute atomic E-state index is 0.544. The van der Waals surface area contributed by atoms with Crippen molar-refractivity contribution in [1.82, 2.24) is 0 Å². The van der Waals surface area contributed by atoms with E-state index in [0.717, 1.165) is 11.6 Å². The average molecular weight is 279 g/mol. The Morgan fingerprint density at radius 2 is 1.70 bits per heavy atom. The summed E-state index contributed by atoms with van der Waals surface area (Å²) in [5.74, 6) is 2.79. The van der Waals surface area contributed by atoms with Crippen LogP contribution in [0.5, 0.6) is 17.2 Å². The summed E-state index contributed by atoms with van der Waals surface area (Å²) in [4.78, 5) is 0. The van der Waals surface area contributed by atoms with Crippen LogP contribution in [-0.2, 0) is 0 Å². The molecular weight excluding hydrogens is 254 g/mol. The molecule has 4 heteroatoms. The Bertz CT molecular complexity index is 422. The van der Waals surface area contributed by atoms with E-state index >= 15 is 0 Å². The smallest absolute Gasteiger partial charge is 0.203 e. The molecule has 0 bridgehead atoms. The molecule has 1 aliphatic rings. The predicted octanol–water partition coefficient (Wildman–Crippen LogP) is 3.70. The molecule has 112 valence electrons. The highest BCUT2D eigenvalue weighted by molar-refractivity contribution is 5.62. The van der Waals surface area contributed by atoms with Gasteiger partial charge < -0.3 is 19.5 Å². The van der Waals surface area contributed by atoms with E-state index in [0.29, 0.717) is 23.3 Å². The number of rotatable bonds is 6. The predicted molar refractivity (Wildman–Crippen MR) is 81.1 cm³/mol. The van der Waals surface area contributed by atoms with E-state index in [9.17, 15) is 0 Å². The van der Waals surface area contributed by atoms with Crippen molar-refractivity contribution in [3.63, 3.8) is 0 Å². The zero-order valence-corrected chi connectivity index (χ0v) is 12.9. The fourth-order valence-electron chi connectivity index (χ4n) is 3.09. The molecule has 20 heavy (non-hydrogen) atoms. The van der Waals surface area contributed by atoms with Gasteiger partial charge >= 0.3 is 0 Å². The minimum atomic E-state index is 0.544. The van der Waals surface area contributed by atoms with Crippen LogP contribution in [0.2, 0.25) is 0 Å². The van der Waals surface area contributed by atoms with Crippen LogP contribution in [0, 0.1) is 5.92 Å². The Kier molecular flexibility index (Phi) is 4.99. The largest absolute Gasteiger partial charge is 0.493 e. The van der Waals surface area contributed by atoms with Crippen molar-refractivity contribution in [3.05, 3.63) is 12.1 Å². The lowest BCUT2D eigenvalue weighted by Gasteiger charge is -2.22. The first kappa shape index (κ1) is 14.8. The zero-order valence-electron chi connectivity index (χ0n) is 12.9. The monoisotopic (exact) mass is 279 g/mol. The third-order valence-electron chi connectivity index (χ3n) is 4.20. The van der Waals surface area contributed by atoms with E-state index in [2.05, 4.69) is 12.2 Å². The van der Waals surface area contributed by atoms with Crippen LogP contribution in [-0.4, -0.2) is 27.4 Å². The molecule has 0 spiro atoms. The van der Waals surface area contributed by atoms with Gasteiger partial charge in [-0.05, 0) is 18.8 Å². The molecular formula is C16H25NO3. The van der Waals surface area contributed by atoms with Gasteiger partial charge in [-0.25, -0.2) is 0 Å². The maximum absolute atomic E-state index is 5.39. The molecule has 0 heterocycles. The van der Waals surface area contributed by atoms with E-state index in [1.165, 1.54) is 25.7 Å². The first-order chi connectivity index (χ1) is 9.73. The molecule has 1 aliphatic carbocycles. The van der Waals surface area contributed by atoms with Crippen LogP contribution in [0.1, 0.15) is 32.6 Å². The molecule has 0 aromatic heterocycles. The molecule has 1 aromatic carbocycles. The Balaban J connectivity index is 2.23. The molecule has 1 aromatic rings. The van der Waals surface area contributed by atoms with E-state index < -0.39 is 0 Å². The van der Waals surface area contributed by atoms with Crippen molar-refractivity contribution in [2.45, 2.75) is 38.6 Å². The molecule has 1 N–H and O–H groups in total. The maximum Gasteiger partial charge on any atom is 0.203 e. The molecule has 2 atom stereocenters. The SMILES string of the molecule is CCC1CCCC1Nc1cc(OC)c(OC)c(OC)c1. The van der Waals surface area contributed by atoms with E-state index in [1.807, 2.05) is 12.1 Å². The number of hydrogen-bond acceptors (Lipinski definition) is 4. The van der Waals surface area contributed by atoms with Crippen molar-refractivity contribution in [2.75, 3.05) is 26.6 Å². The standard InChI is InChI=1S/C16H25NO3/c1-5-11-7-6-8-13(11)17-12-9-14(18-2)16(20-4)15(10-12)19-3/h9-11,13,17H,5-8H2,1-4H3. The second-order valence-corrected chi connectivity index (χ2v) is 5.26. The second kappa shape index (κ2) is 6.73. The molecule has 2 rings (SSSR count). The summed E-state index contributed by atoms with van der Waals surface area (Å²) in [7, 11) is 4.91. The molecule has 0 aliphatic heterocycles. The van der Waals surface area contributed by atoms with Crippen LogP contribution < -0.4 is 19.5 Å². The van der Waals surface area contributed by atoms with Crippen LogP contribution in [0.15, 0.2) is 12.1 Å². The van der Waals surface area contributed by atoms with Gasteiger partial charge in [0.1, 0.15) is 0 Å². The first-order valence-corrected chi connectivity index (χ1v) is 7.30. The third kappa shape index (κ3) is 2.94. The van der Waals surface area contributed by atoms with E-state index in [4.69, 9.17) is 14.2 Å². The molecule has 0 radical (unpaired) electrons. The summed E-state index contributed by atoms with van der Waals surface area (Å²) in [6.07, 6.45) is 5.08. The molecule has 0 amide bonds. The molecule has 0 saturated heterocycles. The van der Waals surface area contributed by atoms with Gasteiger partial charge in [0.25, 0.3) is 0 Å². The summed E-state index contributed by atoms with van der Waals surface area (Å²) in [6.45, 7) is 2.26. The average Bonchev–Trinajstić information content (AvgIpc) is 2.93. The summed E-state index contributed by atoms with van der Waals surface area (Å²) in [5.41, 5.74) is 1.03. The Morgan fingerprint density at radius 1 is 1.05 bits per heavy atom. The lowest BCUT2D eigenvalue weighted by Crippen LogP contribution is -2.23. The van der Waals surface area contributed by atoms with E-state index in [1.54, 1.807) is 21.3 Å². The van der Waals surface area contributed by atoms with Gasteiger partial charge in [0.2, 0.25) is 5.75 Å². The normalized spacial score (nSPS) is 21.6. The highest BCUT2D eigenvalue weighted by Crippen LogP contribution is 2.41. The van der Waals surface area contributed by atoms with E-state index in [-0.39, 0.29) is 0 Å². The second-order valence-electron chi connectivity index (χ2n) is 5.26. The van der Waals surface area contributed by atoms with Crippen LogP contribution in [0.25, 0.3) is 0 Å². The van der Waals surface area contributed by atoms with Crippen LogP contribution in [0.3, 0.4) is 0 Å². The molecule has 2 unspecified atom stereocenters. The number of methoxy groups -OCH3 is 3. The highest BCUT2D eigenvalue weighted by Gasteiger charge is 2.26. The number of anilines is 1. The van der Waals surface area contributed by atoms with Gasteiger partial charge in [-0.2, -0.15) is 0 Å². The zero-order chi connectivity index (χ0) is 14.5. The molecule has 1 fully saturated rings. The number of hydrogen-bond donors (Lipinski definition) is 1. The first-order valence-electron chi connectivity index (χ1n) is 7.30. The lowest BCUT2D eigenvalue weighted by atomic mass is 10.0. The fourth-order valence-corrected chi connectivity index (χ4v) is 3.09. The van der Waals surface area contributed by atoms with Crippen molar-refractivity contribution in [3.8, 4) is 17.2 Å². The number of benzene rings is 1. The summed E-state index contributed by atoms with van der Waals surface area (Å²) in [5, 5.41) is 3.63. The van der Waals surface area contributed by atoms with Crippen LogP contribution >= 0.6 is 0 Å². The van der Waals surface area contributed by atoms with Crippen LogP contribution in [0.4, 0.5) is 5.69 Å². The topological polar surface area (TPSA) is 39.7 Å². The Hall–Kier alpha value is -1.58. The van der Waals surface area contributed by atoms with Gasteiger partial charge in [0.15, 0.2) is 11.5 Å². The van der Waals surface area contributed by atoms with Crippen molar-refractivity contribution >= 4 is 5.69 Å². The van der Waals surface area contributed by atoms with Crippen molar-refractivity contribution in [2.24, 2.45) is 5.92 Å². The summed E-state index contributed by atoms with van der Waals surface area (Å²) < 4.78 is 16.1. The molecule has 4 nitrogen and oxygen atoms in total. The summed E-state index contributed by atoms with van der Waals surface area (Å²) in [6, 6.07) is 4.50. The fraction of sp³-hybridized carbons (Fsp3) is 0.625. The quantitative estimate of drug-likeness (QED) is 0.862. The summed E-state index contributed by atoms with van der Waals surface area (Å²) >= 11 is 0. The van der Waals surface area contributed by atoms with Crippen molar-refractivity contribution in [1.29, 1.82) is 0 Å². The maximum atomic E-state index is 5.39. The highest BCUT2D eigenvalue weighted by atomic mass is 16.5. The third-order valence-corrected chi connectivity index (χ3v) is 4.20. The number of ether oxygens (including phenoxy) is 3. The molecule has 1 saturated carbocycles. The van der Waals surface area contributed by atoms with Crippen molar-refractivity contribution < 1.29 is 14.2 Å². The Labute approximate surface area is 121 Å². The van der Waals surface area contributed by atoms with Gasteiger partial charge in [0, 0.05) is 23.9 Å². The number of nitrogens with one attached hydrogen (secondary N) is 1. The lowest BCUT2D eigenvalue weighted by molar-refractivity contribution is 0.324. The Morgan fingerprint density at radius 3 is 2.20 bits per heavy atom. The minimum Gasteiger partial charge on any atom is -0.493 e. The van der Waals surface area contributed by atoms with Gasteiger partial charge in [-0.15, -0.1) is 0 Å². The van der Waals surface area contributed by atoms with Gasteiger partial charge in [0.05, 0.1) is 21.3 Å². The van der Waals surface area contributed by atoms with Gasteiger partial charge in [-0.1, -0.05) is 19.8 Å².